The van der Waals surface area contributed by atoms with Crippen LogP contribution < -0.4 is 5.32 Å². The molecule has 2 aromatic rings. The maximum Gasteiger partial charge on any atom is 0.147 e. The Morgan fingerprint density at radius 2 is 2.17 bits per heavy atom. The first-order valence-electron chi connectivity index (χ1n) is 6.39. The minimum atomic E-state index is -0.0542. The maximum atomic E-state index is 5.15. The summed E-state index contributed by atoms with van der Waals surface area (Å²) in [6.07, 6.45) is 2.76. The standard InChI is InChI=1S/C15H18N2O/c1-10-8-15(2,12-7-5-4-6-11(10)12)14-13(16-3)9-18-17-14/h4-7,9-10,16H,8H2,1-3H3. The lowest BCUT2D eigenvalue weighted by atomic mass is 9.80. The predicted molar refractivity (Wildman–Crippen MR) is 72.0 cm³/mol. The van der Waals surface area contributed by atoms with Crippen molar-refractivity contribution in [2.24, 2.45) is 0 Å². The van der Waals surface area contributed by atoms with Gasteiger partial charge < -0.3 is 9.84 Å². The second kappa shape index (κ2) is 3.87. The van der Waals surface area contributed by atoms with E-state index in [4.69, 9.17) is 4.52 Å². The SMILES string of the molecule is CNc1conc1C1(C)CC(C)c2ccccc21. The summed E-state index contributed by atoms with van der Waals surface area (Å²) in [5, 5.41) is 7.40. The van der Waals surface area contributed by atoms with Crippen molar-refractivity contribution in [3.63, 3.8) is 0 Å². The fourth-order valence-corrected chi connectivity index (χ4v) is 3.30. The van der Waals surface area contributed by atoms with Gasteiger partial charge in [0.05, 0.1) is 5.69 Å². The molecular weight excluding hydrogens is 224 g/mol. The van der Waals surface area contributed by atoms with E-state index < -0.39 is 0 Å². The van der Waals surface area contributed by atoms with Gasteiger partial charge in [0.2, 0.25) is 0 Å². The molecule has 3 rings (SSSR count). The molecule has 2 unspecified atom stereocenters. The fourth-order valence-electron chi connectivity index (χ4n) is 3.30. The average Bonchev–Trinajstić information content (AvgIpc) is 2.95. The number of aromatic nitrogens is 1. The number of hydrogen-bond acceptors (Lipinski definition) is 3. The smallest absolute Gasteiger partial charge is 0.147 e. The largest absolute Gasteiger partial charge is 0.384 e. The van der Waals surface area contributed by atoms with Crippen LogP contribution in [-0.2, 0) is 5.41 Å². The molecule has 94 valence electrons. The zero-order valence-corrected chi connectivity index (χ0v) is 11.0. The van der Waals surface area contributed by atoms with Crippen LogP contribution in [0.3, 0.4) is 0 Å². The first kappa shape index (κ1) is 11.3. The minimum absolute atomic E-state index is 0.0542. The molecule has 0 saturated carbocycles. The van der Waals surface area contributed by atoms with Gasteiger partial charge in [-0.1, -0.05) is 36.3 Å². The number of fused-ring (bicyclic) bond motifs is 1. The minimum Gasteiger partial charge on any atom is -0.384 e. The Labute approximate surface area is 107 Å². The summed E-state index contributed by atoms with van der Waals surface area (Å²) in [5.74, 6) is 0.563. The van der Waals surface area contributed by atoms with Gasteiger partial charge in [0.15, 0.2) is 0 Å². The molecule has 0 amide bonds. The van der Waals surface area contributed by atoms with Crippen molar-refractivity contribution < 1.29 is 4.52 Å². The van der Waals surface area contributed by atoms with Crippen LogP contribution in [0.25, 0.3) is 0 Å². The molecule has 1 aromatic carbocycles. The highest BCUT2D eigenvalue weighted by Gasteiger charge is 2.42. The topological polar surface area (TPSA) is 38.1 Å². The van der Waals surface area contributed by atoms with Crippen LogP contribution in [-0.4, -0.2) is 12.2 Å². The van der Waals surface area contributed by atoms with Crippen LogP contribution >= 0.6 is 0 Å². The molecule has 0 saturated heterocycles. The van der Waals surface area contributed by atoms with E-state index >= 15 is 0 Å². The molecule has 3 nitrogen and oxygen atoms in total. The summed E-state index contributed by atoms with van der Waals surface area (Å²) in [6.45, 7) is 4.54. The number of hydrogen-bond donors (Lipinski definition) is 1. The second-order valence-corrected chi connectivity index (χ2v) is 5.35. The molecule has 0 fully saturated rings. The number of anilines is 1. The van der Waals surface area contributed by atoms with Gasteiger partial charge in [0.25, 0.3) is 0 Å². The molecule has 18 heavy (non-hydrogen) atoms. The van der Waals surface area contributed by atoms with Gasteiger partial charge in [0.1, 0.15) is 12.0 Å². The summed E-state index contributed by atoms with van der Waals surface area (Å²) >= 11 is 0. The molecule has 0 aliphatic heterocycles. The Hall–Kier alpha value is -1.77. The van der Waals surface area contributed by atoms with Crippen molar-refractivity contribution in [2.45, 2.75) is 31.6 Å². The van der Waals surface area contributed by atoms with E-state index in [2.05, 4.69) is 48.6 Å². The van der Waals surface area contributed by atoms with E-state index in [0.29, 0.717) is 5.92 Å². The summed E-state index contributed by atoms with van der Waals surface area (Å²) in [7, 11) is 1.91. The highest BCUT2D eigenvalue weighted by atomic mass is 16.5. The third kappa shape index (κ3) is 1.40. The third-order valence-electron chi connectivity index (χ3n) is 4.16. The third-order valence-corrected chi connectivity index (χ3v) is 4.16. The van der Waals surface area contributed by atoms with Crippen LogP contribution in [0.4, 0.5) is 5.69 Å². The van der Waals surface area contributed by atoms with Crippen LogP contribution in [0.5, 0.6) is 0 Å². The number of rotatable bonds is 2. The molecule has 1 heterocycles. The molecular formula is C15H18N2O. The van der Waals surface area contributed by atoms with Crippen molar-refractivity contribution in [2.75, 3.05) is 12.4 Å². The lowest BCUT2D eigenvalue weighted by Crippen LogP contribution is -2.22. The summed E-state index contributed by atoms with van der Waals surface area (Å²) in [5.41, 5.74) is 4.76. The molecule has 1 aliphatic carbocycles. The lowest BCUT2D eigenvalue weighted by Gasteiger charge is -2.24. The summed E-state index contributed by atoms with van der Waals surface area (Å²) in [4.78, 5) is 0. The highest BCUT2D eigenvalue weighted by Crippen LogP contribution is 2.50. The van der Waals surface area contributed by atoms with Gasteiger partial charge in [-0.2, -0.15) is 0 Å². The van der Waals surface area contributed by atoms with Crippen LogP contribution in [0.1, 0.15) is 43.0 Å². The van der Waals surface area contributed by atoms with Crippen LogP contribution in [0.15, 0.2) is 35.1 Å². The van der Waals surface area contributed by atoms with E-state index in [1.54, 1.807) is 6.26 Å². The van der Waals surface area contributed by atoms with Gasteiger partial charge in [-0.3, -0.25) is 0 Å². The fraction of sp³-hybridized carbons (Fsp3) is 0.400. The zero-order chi connectivity index (χ0) is 12.8. The monoisotopic (exact) mass is 242 g/mol. The van der Waals surface area contributed by atoms with Crippen LogP contribution in [0, 0.1) is 0 Å². The Kier molecular flexibility index (Phi) is 2.44. The summed E-state index contributed by atoms with van der Waals surface area (Å²) in [6, 6.07) is 8.66. The van der Waals surface area contributed by atoms with Gasteiger partial charge in [0, 0.05) is 12.5 Å². The Bertz CT molecular complexity index is 575. The maximum absolute atomic E-state index is 5.15. The van der Waals surface area contributed by atoms with E-state index in [1.165, 1.54) is 11.1 Å². The van der Waals surface area contributed by atoms with Gasteiger partial charge in [-0.05, 0) is 30.4 Å². The number of nitrogens with one attached hydrogen (secondary N) is 1. The van der Waals surface area contributed by atoms with E-state index in [-0.39, 0.29) is 5.41 Å². The molecule has 1 aliphatic rings. The normalized spacial score (nSPS) is 26.1. The molecule has 0 bridgehead atoms. The van der Waals surface area contributed by atoms with E-state index in [1.807, 2.05) is 7.05 Å². The summed E-state index contributed by atoms with van der Waals surface area (Å²) < 4.78 is 5.15. The second-order valence-electron chi connectivity index (χ2n) is 5.35. The molecule has 1 aromatic heterocycles. The van der Waals surface area contributed by atoms with Gasteiger partial charge in [-0.25, -0.2) is 0 Å². The van der Waals surface area contributed by atoms with Crippen molar-refractivity contribution in [3.8, 4) is 0 Å². The van der Waals surface area contributed by atoms with Gasteiger partial charge >= 0.3 is 0 Å². The quantitative estimate of drug-likeness (QED) is 0.875. The van der Waals surface area contributed by atoms with Crippen molar-refractivity contribution in [1.82, 2.24) is 5.16 Å². The first-order chi connectivity index (χ1) is 8.66. The number of nitrogens with zero attached hydrogens (tertiary/aromatic N) is 1. The van der Waals surface area contributed by atoms with E-state index in [9.17, 15) is 0 Å². The Morgan fingerprint density at radius 3 is 2.94 bits per heavy atom. The van der Waals surface area contributed by atoms with Crippen molar-refractivity contribution in [1.29, 1.82) is 0 Å². The van der Waals surface area contributed by atoms with Gasteiger partial charge in [-0.15, -0.1) is 0 Å². The lowest BCUT2D eigenvalue weighted by molar-refractivity contribution is 0.388. The van der Waals surface area contributed by atoms with Crippen LogP contribution in [0.2, 0.25) is 0 Å². The highest BCUT2D eigenvalue weighted by molar-refractivity contribution is 5.56. The zero-order valence-electron chi connectivity index (χ0n) is 11.0. The predicted octanol–water partition coefficient (Wildman–Crippen LogP) is 3.53. The number of benzene rings is 1. The van der Waals surface area contributed by atoms with Crippen molar-refractivity contribution >= 4 is 5.69 Å². The molecule has 1 N–H and O–H groups in total. The van der Waals surface area contributed by atoms with E-state index in [0.717, 1.165) is 17.8 Å². The molecule has 2 atom stereocenters. The Balaban J connectivity index is 2.18. The average molecular weight is 242 g/mol. The molecule has 0 spiro atoms. The first-order valence-corrected chi connectivity index (χ1v) is 6.39. The van der Waals surface area contributed by atoms with Crippen molar-refractivity contribution in [3.05, 3.63) is 47.3 Å². The molecule has 0 radical (unpaired) electrons. The molecule has 3 heteroatoms. The Morgan fingerprint density at radius 1 is 1.39 bits per heavy atom.